The zero-order valence-corrected chi connectivity index (χ0v) is 22.1. The third kappa shape index (κ3) is 4.07. The molecule has 2 aromatic carbocycles. The summed E-state index contributed by atoms with van der Waals surface area (Å²) in [5, 5.41) is 11.6. The first-order valence-electron chi connectivity index (χ1n) is 11.0. The highest BCUT2D eigenvalue weighted by Gasteiger charge is 2.32. The summed E-state index contributed by atoms with van der Waals surface area (Å²) >= 11 is 15.5. The third-order valence-corrected chi connectivity index (χ3v) is 8.73. The molecule has 1 aliphatic heterocycles. The number of nitrogens with zero attached hydrogens (tertiary/aromatic N) is 4. The van der Waals surface area contributed by atoms with E-state index in [0.29, 0.717) is 45.7 Å². The molecule has 0 saturated carbocycles. The lowest BCUT2D eigenvalue weighted by Gasteiger charge is -2.29. The van der Waals surface area contributed by atoms with Gasteiger partial charge in [0.2, 0.25) is 5.78 Å². The average molecular weight is 544 g/mol. The number of aromatic nitrogens is 4. The molecule has 0 bridgehead atoms. The van der Waals surface area contributed by atoms with Crippen LogP contribution >= 0.6 is 46.3 Å². The fourth-order valence-corrected chi connectivity index (χ4v) is 6.85. The Balaban J connectivity index is 1.60. The monoisotopic (exact) mass is 542 g/mol. The Morgan fingerprint density at radius 3 is 2.69 bits per heavy atom. The molecular weight excluding hydrogens is 523 g/mol. The molecule has 0 saturated heterocycles. The van der Waals surface area contributed by atoms with Crippen LogP contribution in [0.5, 0.6) is 0 Å². The fraction of sp³-hybridized carbons (Fsp3) is 0.240. The minimum absolute atomic E-state index is 0.119. The first-order chi connectivity index (χ1) is 16.8. The SMILES string of the molecule is CC1(C)Cc2c(sc3c2c(=O)n(-c2cccc(Cl)c2)c2nnc(SCc4ccc(Cl)cc4)n32)CO1. The number of thiophene rings is 1. The Kier molecular flexibility index (Phi) is 5.69. The van der Waals surface area contributed by atoms with E-state index in [1.807, 2.05) is 40.8 Å². The van der Waals surface area contributed by atoms with Gasteiger partial charge in [0.05, 0.1) is 23.3 Å². The van der Waals surface area contributed by atoms with Crippen LogP contribution < -0.4 is 5.56 Å². The molecule has 0 spiro atoms. The van der Waals surface area contributed by atoms with Gasteiger partial charge < -0.3 is 4.74 Å². The molecule has 5 aromatic rings. The van der Waals surface area contributed by atoms with Gasteiger partial charge in [0.25, 0.3) is 5.56 Å². The van der Waals surface area contributed by atoms with E-state index in [4.69, 9.17) is 27.9 Å². The molecule has 6 rings (SSSR count). The lowest BCUT2D eigenvalue weighted by atomic mass is 9.94. The molecule has 0 radical (unpaired) electrons. The van der Waals surface area contributed by atoms with Crippen molar-refractivity contribution in [2.24, 2.45) is 0 Å². The highest BCUT2D eigenvalue weighted by Crippen LogP contribution is 2.39. The van der Waals surface area contributed by atoms with Crippen LogP contribution in [0.25, 0.3) is 21.7 Å². The zero-order valence-electron chi connectivity index (χ0n) is 18.9. The van der Waals surface area contributed by atoms with Gasteiger partial charge in [-0.05, 0) is 55.3 Å². The van der Waals surface area contributed by atoms with Crippen LogP contribution in [-0.2, 0) is 23.5 Å². The molecule has 0 N–H and O–H groups in total. The Morgan fingerprint density at radius 1 is 1.11 bits per heavy atom. The predicted molar refractivity (Wildman–Crippen MR) is 143 cm³/mol. The number of thioether (sulfide) groups is 1. The summed E-state index contributed by atoms with van der Waals surface area (Å²) in [5.41, 5.74) is 2.36. The van der Waals surface area contributed by atoms with Crippen LogP contribution in [0.15, 0.2) is 58.5 Å². The first kappa shape index (κ1) is 23.1. The summed E-state index contributed by atoms with van der Waals surface area (Å²) in [6.07, 6.45) is 0.661. The summed E-state index contributed by atoms with van der Waals surface area (Å²) < 4.78 is 9.67. The quantitative estimate of drug-likeness (QED) is 0.241. The lowest BCUT2D eigenvalue weighted by molar-refractivity contribution is -0.0379. The van der Waals surface area contributed by atoms with Crippen LogP contribution in [0.3, 0.4) is 0 Å². The number of rotatable bonds is 4. The van der Waals surface area contributed by atoms with Gasteiger partial charge in [-0.2, -0.15) is 0 Å². The summed E-state index contributed by atoms with van der Waals surface area (Å²) in [5.74, 6) is 1.15. The Bertz CT molecular complexity index is 1650. The second-order valence-electron chi connectivity index (χ2n) is 9.06. The largest absolute Gasteiger partial charge is 0.370 e. The maximum Gasteiger partial charge on any atom is 0.268 e. The van der Waals surface area contributed by atoms with Gasteiger partial charge in [-0.25, -0.2) is 8.97 Å². The van der Waals surface area contributed by atoms with E-state index in [-0.39, 0.29) is 11.2 Å². The predicted octanol–water partition coefficient (Wildman–Crippen LogP) is 6.55. The van der Waals surface area contributed by atoms with Gasteiger partial charge >= 0.3 is 0 Å². The minimum Gasteiger partial charge on any atom is -0.370 e. The van der Waals surface area contributed by atoms with Gasteiger partial charge in [-0.15, -0.1) is 21.5 Å². The van der Waals surface area contributed by atoms with Crippen LogP contribution in [0.1, 0.15) is 29.9 Å². The standard InChI is InChI=1S/C25H20Cl2N4O2S2/c1-25(2)11-18-19(12-33-25)35-22-20(18)21(32)30(17-5-3-4-16(27)10-17)23-28-29-24(31(22)23)34-13-14-6-8-15(26)9-7-14/h3-10H,11-13H2,1-2H3. The molecule has 0 unspecified atom stereocenters. The average Bonchev–Trinajstić information content (AvgIpc) is 3.39. The Labute approximate surface area is 219 Å². The Hall–Kier alpha value is -2.36. The van der Waals surface area contributed by atoms with E-state index in [1.54, 1.807) is 39.8 Å². The molecule has 10 heteroatoms. The lowest BCUT2D eigenvalue weighted by Crippen LogP contribution is -2.32. The molecule has 0 amide bonds. The number of halogens is 2. The zero-order chi connectivity index (χ0) is 24.3. The second-order valence-corrected chi connectivity index (χ2v) is 12.0. The van der Waals surface area contributed by atoms with E-state index in [2.05, 4.69) is 24.0 Å². The minimum atomic E-state index is -0.345. The van der Waals surface area contributed by atoms with Crippen LogP contribution in [0.4, 0.5) is 0 Å². The van der Waals surface area contributed by atoms with Crippen LogP contribution in [0.2, 0.25) is 10.0 Å². The molecule has 0 fully saturated rings. The van der Waals surface area contributed by atoms with Crippen molar-refractivity contribution < 1.29 is 4.74 Å². The van der Waals surface area contributed by atoms with Crippen molar-refractivity contribution in [3.63, 3.8) is 0 Å². The highest BCUT2D eigenvalue weighted by molar-refractivity contribution is 7.98. The third-order valence-electron chi connectivity index (χ3n) is 6.05. The first-order valence-corrected chi connectivity index (χ1v) is 13.6. The maximum absolute atomic E-state index is 14.0. The molecule has 0 atom stereocenters. The van der Waals surface area contributed by atoms with Crippen molar-refractivity contribution >= 4 is 62.3 Å². The molecule has 3 aromatic heterocycles. The van der Waals surface area contributed by atoms with E-state index in [1.165, 1.54) is 0 Å². The molecular formula is C25H20Cl2N4O2S2. The van der Waals surface area contributed by atoms with Crippen molar-refractivity contribution in [2.45, 2.75) is 43.4 Å². The summed E-state index contributed by atoms with van der Waals surface area (Å²) in [6, 6.07) is 15.0. The van der Waals surface area contributed by atoms with Crippen molar-refractivity contribution in [1.82, 2.24) is 19.2 Å². The van der Waals surface area contributed by atoms with Gasteiger partial charge in [0, 0.05) is 27.1 Å². The van der Waals surface area contributed by atoms with E-state index < -0.39 is 0 Å². The molecule has 4 heterocycles. The van der Waals surface area contributed by atoms with Crippen molar-refractivity contribution in [2.75, 3.05) is 0 Å². The van der Waals surface area contributed by atoms with Crippen LogP contribution in [0, 0.1) is 0 Å². The second kappa shape index (κ2) is 8.64. The summed E-state index contributed by atoms with van der Waals surface area (Å²) in [6.45, 7) is 4.59. The molecule has 6 nitrogen and oxygen atoms in total. The van der Waals surface area contributed by atoms with Gasteiger partial charge in [-0.1, -0.05) is 53.2 Å². The van der Waals surface area contributed by atoms with Gasteiger partial charge in [-0.3, -0.25) is 4.79 Å². The van der Waals surface area contributed by atoms with Crippen molar-refractivity contribution in [3.05, 3.63) is 84.9 Å². The normalized spacial score (nSPS) is 15.1. The number of benzene rings is 2. The van der Waals surface area contributed by atoms with E-state index >= 15 is 0 Å². The van der Waals surface area contributed by atoms with Crippen molar-refractivity contribution in [1.29, 1.82) is 0 Å². The molecule has 178 valence electrons. The highest BCUT2D eigenvalue weighted by atomic mass is 35.5. The van der Waals surface area contributed by atoms with Gasteiger partial charge in [0.15, 0.2) is 5.16 Å². The Morgan fingerprint density at radius 2 is 1.91 bits per heavy atom. The van der Waals surface area contributed by atoms with Crippen molar-refractivity contribution in [3.8, 4) is 5.69 Å². The maximum atomic E-state index is 14.0. The van der Waals surface area contributed by atoms with Gasteiger partial charge in [0.1, 0.15) is 4.83 Å². The van der Waals surface area contributed by atoms with Crippen LogP contribution in [-0.4, -0.2) is 24.8 Å². The number of hydrogen-bond acceptors (Lipinski definition) is 6. The number of ether oxygens (including phenoxy) is 1. The van der Waals surface area contributed by atoms with E-state index in [9.17, 15) is 4.79 Å². The molecule has 35 heavy (non-hydrogen) atoms. The topological polar surface area (TPSA) is 61.4 Å². The molecule has 1 aliphatic rings. The summed E-state index contributed by atoms with van der Waals surface area (Å²) in [7, 11) is 0. The summed E-state index contributed by atoms with van der Waals surface area (Å²) in [4.78, 5) is 15.9. The smallest absolute Gasteiger partial charge is 0.268 e. The molecule has 0 aliphatic carbocycles. The number of hydrogen-bond donors (Lipinski definition) is 0. The fourth-order valence-electron chi connectivity index (χ4n) is 4.37. The van der Waals surface area contributed by atoms with E-state index in [0.717, 1.165) is 26.0 Å². The number of fused-ring (bicyclic) bond motifs is 5.